The number of hydrogen-bond donors (Lipinski definition) is 2. The lowest BCUT2D eigenvalue weighted by Gasteiger charge is -2.17. The highest BCUT2D eigenvalue weighted by molar-refractivity contribution is 6.07. The predicted octanol–water partition coefficient (Wildman–Crippen LogP) is 5.97. The molecule has 2 aromatic rings. The Bertz CT molecular complexity index is 938. The second kappa shape index (κ2) is 11.7. The van der Waals surface area contributed by atoms with Crippen LogP contribution in [0, 0.1) is 0 Å². The van der Waals surface area contributed by atoms with E-state index in [0.717, 1.165) is 22.4 Å². The molecule has 2 rings (SSSR count). The summed E-state index contributed by atoms with van der Waals surface area (Å²) in [6.45, 7) is 6.27. The van der Waals surface area contributed by atoms with Gasteiger partial charge in [0, 0.05) is 29.4 Å². The molecule has 4 nitrogen and oxygen atoms in total. The van der Waals surface area contributed by atoms with E-state index in [0.29, 0.717) is 30.8 Å². The summed E-state index contributed by atoms with van der Waals surface area (Å²) in [5.74, 6) is 0.783. The molecule has 0 fully saturated rings. The molecule has 0 heterocycles. The van der Waals surface area contributed by atoms with Gasteiger partial charge in [-0.15, -0.1) is 0 Å². The van der Waals surface area contributed by atoms with Gasteiger partial charge in [-0.2, -0.15) is 0 Å². The zero-order chi connectivity index (χ0) is 21.9. The fourth-order valence-corrected chi connectivity index (χ4v) is 3.12. The monoisotopic (exact) mass is 405 g/mol. The molecule has 0 amide bonds. The summed E-state index contributed by atoms with van der Waals surface area (Å²) < 4.78 is 5.89. The normalized spacial score (nSPS) is 11.6. The Morgan fingerprint density at radius 1 is 1.10 bits per heavy atom. The van der Waals surface area contributed by atoms with Crippen LogP contribution in [0.2, 0.25) is 0 Å². The number of phenols is 1. The van der Waals surface area contributed by atoms with Crippen molar-refractivity contribution in [3.8, 4) is 11.5 Å². The molecular formula is C26H31NO3. The number of rotatable bonds is 10. The van der Waals surface area contributed by atoms with E-state index in [1.807, 2.05) is 70.3 Å². The molecule has 0 saturated carbocycles. The van der Waals surface area contributed by atoms with Crippen LogP contribution in [0.1, 0.15) is 47.8 Å². The highest BCUT2D eigenvalue weighted by Crippen LogP contribution is 2.37. The molecule has 2 aromatic carbocycles. The number of ether oxygens (including phenoxy) is 1. The maximum Gasteiger partial charge on any atom is 0.185 e. The SMILES string of the molecule is C/C=C/Cc1cc(/C=C/C(=O)c2ccc(NC)cc2)c(OCC)c(C/C=C/C)c1O. The Kier molecular flexibility index (Phi) is 8.95. The van der Waals surface area contributed by atoms with Gasteiger partial charge in [0.15, 0.2) is 5.78 Å². The lowest BCUT2D eigenvalue weighted by molar-refractivity contribution is 0.104. The average Bonchev–Trinajstić information content (AvgIpc) is 2.77. The van der Waals surface area contributed by atoms with Gasteiger partial charge in [-0.3, -0.25) is 4.79 Å². The van der Waals surface area contributed by atoms with Crippen molar-refractivity contribution in [1.82, 2.24) is 0 Å². The van der Waals surface area contributed by atoms with Crippen molar-refractivity contribution in [3.05, 3.63) is 83.0 Å². The number of phenolic OH excluding ortho intramolecular Hbond substituents is 1. The van der Waals surface area contributed by atoms with Gasteiger partial charge in [0.2, 0.25) is 0 Å². The number of carbonyl (C=O) groups is 1. The van der Waals surface area contributed by atoms with Crippen molar-refractivity contribution in [2.75, 3.05) is 19.0 Å². The van der Waals surface area contributed by atoms with Crippen LogP contribution in [-0.4, -0.2) is 24.5 Å². The third-order valence-corrected chi connectivity index (χ3v) is 4.75. The van der Waals surface area contributed by atoms with Crippen LogP contribution in [0.5, 0.6) is 11.5 Å². The molecule has 2 N–H and O–H groups in total. The van der Waals surface area contributed by atoms with Crippen molar-refractivity contribution in [1.29, 1.82) is 0 Å². The minimum Gasteiger partial charge on any atom is -0.507 e. The smallest absolute Gasteiger partial charge is 0.185 e. The zero-order valence-corrected chi connectivity index (χ0v) is 18.2. The molecule has 4 heteroatoms. The summed E-state index contributed by atoms with van der Waals surface area (Å²) in [6, 6.07) is 9.24. The molecule has 0 bridgehead atoms. The molecule has 0 spiro atoms. The summed E-state index contributed by atoms with van der Waals surface area (Å²) in [5, 5.41) is 13.9. The molecule has 158 valence electrons. The molecule has 0 atom stereocenters. The third-order valence-electron chi connectivity index (χ3n) is 4.75. The fourth-order valence-electron chi connectivity index (χ4n) is 3.12. The summed E-state index contributed by atoms with van der Waals surface area (Å²) in [4.78, 5) is 12.6. The van der Waals surface area contributed by atoms with Crippen LogP contribution in [0.25, 0.3) is 6.08 Å². The topological polar surface area (TPSA) is 58.6 Å². The molecule has 0 aliphatic rings. The lowest BCUT2D eigenvalue weighted by atomic mass is 9.97. The highest BCUT2D eigenvalue weighted by Gasteiger charge is 2.17. The van der Waals surface area contributed by atoms with Gasteiger partial charge in [0.05, 0.1) is 6.61 Å². The number of hydrogen-bond acceptors (Lipinski definition) is 4. The maximum atomic E-state index is 12.6. The summed E-state index contributed by atoms with van der Waals surface area (Å²) >= 11 is 0. The number of anilines is 1. The molecule has 0 radical (unpaired) electrons. The number of allylic oxidation sites excluding steroid dienone is 5. The van der Waals surface area contributed by atoms with E-state index >= 15 is 0 Å². The van der Waals surface area contributed by atoms with E-state index in [-0.39, 0.29) is 11.5 Å². The summed E-state index contributed by atoms with van der Waals surface area (Å²) in [5.41, 5.74) is 3.90. The molecular weight excluding hydrogens is 374 g/mol. The van der Waals surface area contributed by atoms with Crippen molar-refractivity contribution < 1.29 is 14.6 Å². The van der Waals surface area contributed by atoms with Crippen LogP contribution in [0.15, 0.2) is 60.7 Å². The van der Waals surface area contributed by atoms with E-state index in [4.69, 9.17) is 4.74 Å². The minimum atomic E-state index is -0.0850. The molecule has 0 unspecified atom stereocenters. The fraction of sp³-hybridized carbons (Fsp3) is 0.269. The first-order chi connectivity index (χ1) is 14.5. The Balaban J connectivity index is 2.48. The quantitative estimate of drug-likeness (QED) is 0.291. The van der Waals surface area contributed by atoms with Crippen LogP contribution in [0.4, 0.5) is 5.69 Å². The molecule has 0 aliphatic carbocycles. The van der Waals surface area contributed by atoms with Crippen molar-refractivity contribution in [2.45, 2.75) is 33.6 Å². The Labute approximate surface area is 179 Å². The first kappa shape index (κ1) is 23.0. The van der Waals surface area contributed by atoms with Gasteiger partial charge < -0.3 is 15.2 Å². The zero-order valence-electron chi connectivity index (χ0n) is 18.2. The van der Waals surface area contributed by atoms with Crippen LogP contribution in [-0.2, 0) is 12.8 Å². The standard InChI is InChI=1S/C26H31NO3/c1-5-8-10-20-18-21(26(30-7-3)23(25(20)29)11-9-6-2)14-17-24(28)19-12-15-22(27-4)16-13-19/h5-6,8-9,12-18,27,29H,7,10-11H2,1-4H3/b8-5+,9-6+,17-14+. The van der Waals surface area contributed by atoms with Crippen molar-refractivity contribution in [2.24, 2.45) is 0 Å². The number of ketones is 1. The molecule has 0 aromatic heterocycles. The average molecular weight is 406 g/mol. The van der Waals surface area contributed by atoms with E-state index < -0.39 is 0 Å². The van der Waals surface area contributed by atoms with E-state index in [1.165, 1.54) is 0 Å². The van der Waals surface area contributed by atoms with E-state index in [1.54, 1.807) is 24.3 Å². The number of nitrogens with one attached hydrogen (secondary N) is 1. The van der Waals surface area contributed by atoms with E-state index in [2.05, 4.69) is 5.32 Å². The van der Waals surface area contributed by atoms with Crippen molar-refractivity contribution in [3.63, 3.8) is 0 Å². The van der Waals surface area contributed by atoms with Crippen LogP contribution >= 0.6 is 0 Å². The first-order valence-corrected chi connectivity index (χ1v) is 10.3. The third kappa shape index (κ3) is 5.86. The number of aromatic hydroxyl groups is 1. The van der Waals surface area contributed by atoms with Gasteiger partial charge in [-0.05, 0) is 81.7 Å². The maximum absolute atomic E-state index is 12.6. The van der Waals surface area contributed by atoms with Crippen LogP contribution in [0.3, 0.4) is 0 Å². The van der Waals surface area contributed by atoms with Gasteiger partial charge in [0.1, 0.15) is 11.5 Å². The summed E-state index contributed by atoms with van der Waals surface area (Å²) in [7, 11) is 1.84. The van der Waals surface area contributed by atoms with Gasteiger partial charge >= 0.3 is 0 Å². The van der Waals surface area contributed by atoms with Gasteiger partial charge in [-0.1, -0.05) is 24.3 Å². The predicted molar refractivity (Wildman–Crippen MR) is 126 cm³/mol. The van der Waals surface area contributed by atoms with Crippen LogP contribution < -0.4 is 10.1 Å². The largest absolute Gasteiger partial charge is 0.507 e. The van der Waals surface area contributed by atoms with Gasteiger partial charge in [0.25, 0.3) is 0 Å². The minimum absolute atomic E-state index is 0.0850. The Hall–Kier alpha value is -3.27. The Morgan fingerprint density at radius 3 is 2.37 bits per heavy atom. The summed E-state index contributed by atoms with van der Waals surface area (Å²) in [6.07, 6.45) is 12.4. The Morgan fingerprint density at radius 2 is 1.77 bits per heavy atom. The van der Waals surface area contributed by atoms with E-state index in [9.17, 15) is 9.90 Å². The number of carbonyl (C=O) groups excluding carboxylic acids is 1. The molecule has 0 aliphatic heterocycles. The van der Waals surface area contributed by atoms with Crippen molar-refractivity contribution >= 4 is 17.5 Å². The first-order valence-electron chi connectivity index (χ1n) is 10.3. The second-order valence-electron chi connectivity index (χ2n) is 6.79. The highest BCUT2D eigenvalue weighted by atomic mass is 16.5. The molecule has 30 heavy (non-hydrogen) atoms. The number of benzene rings is 2. The second-order valence-corrected chi connectivity index (χ2v) is 6.79. The van der Waals surface area contributed by atoms with Gasteiger partial charge in [-0.25, -0.2) is 0 Å². The molecule has 0 saturated heterocycles. The lowest BCUT2D eigenvalue weighted by Crippen LogP contribution is -2.02.